The lowest BCUT2D eigenvalue weighted by Crippen LogP contribution is -2.05. The molecule has 0 aliphatic heterocycles. The molecule has 0 atom stereocenters. The average Bonchev–Trinajstić information content (AvgIpc) is 2.48. The van der Waals surface area contributed by atoms with Crippen LogP contribution in [0.3, 0.4) is 0 Å². The molecule has 3 aromatic carbocycles. The predicted molar refractivity (Wildman–Crippen MR) is 82.9 cm³/mol. The summed E-state index contributed by atoms with van der Waals surface area (Å²) in [5.41, 5.74) is 0.779. The Bertz CT molecular complexity index is 876. The number of benzene rings is 3. The van der Waals surface area contributed by atoms with Gasteiger partial charge in [0.2, 0.25) is 0 Å². The van der Waals surface area contributed by atoms with E-state index in [1.807, 2.05) is 42.5 Å². The van der Waals surface area contributed by atoms with Crippen LogP contribution in [0.2, 0.25) is 0 Å². The van der Waals surface area contributed by atoms with E-state index in [0.717, 1.165) is 16.3 Å². The molecule has 0 heterocycles. The molecule has 0 fully saturated rings. The van der Waals surface area contributed by atoms with Gasteiger partial charge < -0.3 is 5.11 Å². The topological polar surface area (TPSA) is 54.4 Å². The van der Waals surface area contributed by atoms with Crippen molar-refractivity contribution in [1.82, 2.24) is 0 Å². The van der Waals surface area contributed by atoms with E-state index in [1.165, 1.54) is 24.3 Å². The van der Waals surface area contributed by atoms with Crippen LogP contribution in [0.1, 0.15) is 5.56 Å². The number of rotatable bonds is 3. The van der Waals surface area contributed by atoms with Gasteiger partial charge in [0.1, 0.15) is 5.75 Å². The molecule has 106 valence electrons. The number of phenolic OH excluding ortho intramolecular Hbond substituents is 1. The van der Waals surface area contributed by atoms with Crippen molar-refractivity contribution in [3.05, 3.63) is 72.3 Å². The Hall–Kier alpha value is -2.33. The van der Waals surface area contributed by atoms with Gasteiger partial charge in [-0.05, 0) is 40.6 Å². The zero-order chi connectivity index (χ0) is 14.9. The minimum absolute atomic E-state index is 0.0547. The summed E-state index contributed by atoms with van der Waals surface area (Å²) >= 11 is 0. The van der Waals surface area contributed by atoms with E-state index >= 15 is 0 Å². The van der Waals surface area contributed by atoms with E-state index in [2.05, 4.69) is 0 Å². The highest BCUT2D eigenvalue weighted by molar-refractivity contribution is 7.90. The smallest absolute Gasteiger partial charge is 0.182 e. The molecule has 4 heteroatoms. The summed E-state index contributed by atoms with van der Waals surface area (Å²) in [6, 6.07) is 19.0. The van der Waals surface area contributed by atoms with Gasteiger partial charge in [0, 0.05) is 0 Å². The Kier molecular flexibility index (Phi) is 3.39. The van der Waals surface area contributed by atoms with Gasteiger partial charge in [-0.25, -0.2) is 8.42 Å². The minimum Gasteiger partial charge on any atom is -0.508 e. The van der Waals surface area contributed by atoms with Crippen LogP contribution in [0.25, 0.3) is 10.8 Å². The molecular formula is C17H14O3S. The van der Waals surface area contributed by atoms with E-state index in [0.29, 0.717) is 0 Å². The second-order valence-corrected chi connectivity index (χ2v) is 6.88. The molecule has 0 amide bonds. The minimum atomic E-state index is -3.43. The largest absolute Gasteiger partial charge is 0.508 e. The van der Waals surface area contributed by atoms with E-state index < -0.39 is 9.84 Å². The lowest BCUT2D eigenvalue weighted by molar-refractivity contribution is 0.475. The van der Waals surface area contributed by atoms with Crippen molar-refractivity contribution in [2.75, 3.05) is 0 Å². The van der Waals surface area contributed by atoms with Crippen molar-refractivity contribution in [3.63, 3.8) is 0 Å². The lowest BCUT2D eigenvalue weighted by atomic mass is 10.1. The second kappa shape index (κ2) is 5.22. The summed E-state index contributed by atoms with van der Waals surface area (Å²) in [6.07, 6.45) is 0. The van der Waals surface area contributed by atoms with Gasteiger partial charge >= 0.3 is 0 Å². The van der Waals surface area contributed by atoms with Crippen LogP contribution < -0.4 is 0 Å². The van der Waals surface area contributed by atoms with Gasteiger partial charge in [0.05, 0.1) is 10.6 Å². The van der Waals surface area contributed by atoms with Crippen LogP contribution in [0.4, 0.5) is 0 Å². The van der Waals surface area contributed by atoms with Gasteiger partial charge in [-0.15, -0.1) is 0 Å². The summed E-state index contributed by atoms with van der Waals surface area (Å²) in [7, 11) is -3.43. The Morgan fingerprint density at radius 1 is 0.810 bits per heavy atom. The highest BCUT2D eigenvalue weighted by Gasteiger charge is 2.16. The Labute approximate surface area is 123 Å². The molecule has 0 aromatic heterocycles. The molecule has 0 saturated heterocycles. The number of fused-ring (bicyclic) bond motifs is 1. The Balaban J connectivity index is 2.03. The third-order valence-electron chi connectivity index (χ3n) is 3.42. The second-order valence-electron chi connectivity index (χ2n) is 4.89. The van der Waals surface area contributed by atoms with Crippen LogP contribution >= 0.6 is 0 Å². The van der Waals surface area contributed by atoms with Crippen LogP contribution in [0, 0.1) is 0 Å². The molecule has 0 aliphatic rings. The quantitative estimate of drug-likeness (QED) is 0.805. The third kappa shape index (κ3) is 2.76. The molecular weight excluding hydrogens is 284 g/mol. The van der Waals surface area contributed by atoms with Crippen molar-refractivity contribution in [3.8, 4) is 5.75 Å². The maximum atomic E-state index is 12.5. The van der Waals surface area contributed by atoms with Crippen molar-refractivity contribution in [2.45, 2.75) is 10.6 Å². The van der Waals surface area contributed by atoms with E-state index in [4.69, 9.17) is 0 Å². The summed E-state index contributed by atoms with van der Waals surface area (Å²) in [6.45, 7) is 0. The number of phenols is 1. The summed E-state index contributed by atoms with van der Waals surface area (Å²) < 4.78 is 24.9. The fourth-order valence-electron chi connectivity index (χ4n) is 2.36. The molecule has 0 aliphatic carbocycles. The maximum Gasteiger partial charge on any atom is 0.182 e. The summed E-state index contributed by atoms with van der Waals surface area (Å²) in [5, 5.41) is 11.2. The van der Waals surface area contributed by atoms with Crippen LogP contribution in [0.15, 0.2) is 71.6 Å². The molecule has 1 N–H and O–H groups in total. The molecule has 0 bridgehead atoms. The first-order chi connectivity index (χ1) is 10.1. The molecule has 0 spiro atoms. The molecule has 0 saturated carbocycles. The highest BCUT2D eigenvalue weighted by atomic mass is 32.2. The van der Waals surface area contributed by atoms with E-state index in [9.17, 15) is 13.5 Å². The van der Waals surface area contributed by atoms with Gasteiger partial charge in [-0.2, -0.15) is 0 Å². The van der Waals surface area contributed by atoms with Gasteiger partial charge in [0.25, 0.3) is 0 Å². The normalized spacial score (nSPS) is 11.6. The van der Waals surface area contributed by atoms with Gasteiger partial charge in [-0.3, -0.25) is 0 Å². The van der Waals surface area contributed by atoms with E-state index in [-0.39, 0.29) is 16.4 Å². The number of sulfone groups is 1. The zero-order valence-electron chi connectivity index (χ0n) is 11.2. The van der Waals surface area contributed by atoms with Crippen molar-refractivity contribution in [2.24, 2.45) is 0 Å². The summed E-state index contributed by atoms with van der Waals surface area (Å²) in [5.74, 6) is -0.00169. The van der Waals surface area contributed by atoms with Crippen LogP contribution in [-0.4, -0.2) is 13.5 Å². The Morgan fingerprint density at radius 2 is 1.48 bits per heavy atom. The van der Waals surface area contributed by atoms with Crippen molar-refractivity contribution >= 4 is 20.6 Å². The molecule has 3 rings (SSSR count). The third-order valence-corrected chi connectivity index (χ3v) is 5.10. The average molecular weight is 298 g/mol. The van der Waals surface area contributed by atoms with Crippen molar-refractivity contribution < 1.29 is 13.5 Å². The maximum absolute atomic E-state index is 12.5. The van der Waals surface area contributed by atoms with E-state index in [1.54, 1.807) is 0 Å². The SMILES string of the molecule is O=S(=O)(Cc1cccc2ccccc12)c1ccc(O)cc1. The highest BCUT2D eigenvalue weighted by Crippen LogP contribution is 2.24. The molecule has 21 heavy (non-hydrogen) atoms. The fraction of sp³-hybridized carbons (Fsp3) is 0.0588. The zero-order valence-corrected chi connectivity index (χ0v) is 12.0. The van der Waals surface area contributed by atoms with Gasteiger partial charge in [-0.1, -0.05) is 42.5 Å². The first-order valence-corrected chi connectivity index (χ1v) is 8.20. The van der Waals surface area contributed by atoms with Crippen molar-refractivity contribution in [1.29, 1.82) is 0 Å². The monoisotopic (exact) mass is 298 g/mol. The fourth-order valence-corrected chi connectivity index (χ4v) is 3.74. The van der Waals surface area contributed by atoms with Gasteiger partial charge in [0.15, 0.2) is 9.84 Å². The predicted octanol–water partition coefficient (Wildman–Crippen LogP) is 3.52. The molecule has 3 aromatic rings. The summed E-state index contributed by atoms with van der Waals surface area (Å²) in [4.78, 5) is 0.216. The number of hydrogen-bond acceptors (Lipinski definition) is 3. The first kappa shape index (κ1) is 13.6. The molecule has 0 unspecified atom stereocenters. The first-order valence-electron chi connectivity index (χ1n) is 6.55. The Morgan fingerprint density at radius 3 is 2.24 bits per heavy atom. The number of hydrogen-bond donors (Lipinski definition) is 1. The molecule has 3 nitrogen and oxygen atoms in total. The number of aromatic hydroxyl groups is 1. The van der Waals surface area contributed by atoms with Crippen LogP contribution in [0.5, 0.6) is 5.75 Å². The molecule has 0 radical (unpaired) electrons. The lowest BCUT2D eigenvalue weighted by Gasteiger charge is -2.08. The van der Waals surface area contributed by atoms with Crippen LogP contribution in [-0.2, 0) is 15.6 Å². The standard InChI is InChI=1S/C17H14O3S/c18-15-8-10-16(11-9-15)21(19,20)12-14-6-3-5-13-4-1-2-7-17(13)14/h1-11,18H,12H2.